The van der Waals surface area contributed by atoms with Gasteiger partial charge in [0.15, 0.2) is 5.82 Å². The number of hydrogen-bond donors (Lipinski definition) is 1. The van der Waals surface area contributed by atoms with Gasteiger partial charge in [-0.1, -0.05) is 66.7 Å². The van der Waals surface area contributed by atoms with Gasteiger partial charge >= 0.3 is 0 Å². The number of pyridine rings is 2. The number of carbonyl (C=O) groups is 1. The van der Waals surface area contributed by atoms with Crippen LogP contribution in [0.25, 0.3) is 38.8 Å². The molecular formula is C28H20N6O. The van der Waals surface area contributed by atoms with E-state index in [1.54, 1.807) is 17.2 Å². The third-order valence-electron chi connectivity index (χ3n) is 5.97. The van der Waals surface area contributed by atoms with Crippen molar-refractivity contribution in [1.29, 1.82) is 0 Å². The Bertz CT molecular complexity index is 1670. The maximum atomic E-state index is 13.5. The molecule has 0 aliphatic carbocycles. The minimum absolute atomic E-state index is 0.182. The number of aromatic nitrogens is 5. The second-order valence-corrected chi connectivity index (χ2v) is 8.11. The summed E-state index contributed by atoms with van der Waals surface area (Å²) in [6.45, 7) is 0.294. The molecule has 6 aromatic rings. The number of nitrogens with zero attached hydrogens (tertiary/aromatic N) is 5. The van der Waals surface area contributed by atoms with Crippen molar-refractivity contribution in [2.75, 3.05) is 0 Å². The second-order valence-electron chi connectivity index (χ2n) is 8.11. The van der Waals surface area contributed by atoms with E-state index in [-0.39, 0.29) is 5.91 Å². The van der Waals surface area contributed by atoms with Crippen molar-refractivity contribution in [3.8, 4) is 17.1 Å². The standard InChI is InChI=1S/C28H20N6O/c35-28(31-16-20-9-6-14-30-27(20)34-18-29-17-32-34)24-15-26(33-25-13-4-3-11-23(24)25)22-12-5-8-19-7-1-2-10-21(19)22/h1-15,17-18H,16H2,(H,31,35). The first-order valence-corrected chi connectivity index (χ1v) is 11.2. The smallest absolute Gasteiger partial charge is 0.252 e. The molecule has 0 radical (unpaired) electrons. The Labute approximate surface area is 201 Å². The van der Waals surface area contributed by atoms with E-state index in [0.717, 1.165) is 38.5 Å². The Morgan fingerprint density at radius 2 is 1.71 bits per heavy atom. The highest BCUT2D eigenvalue weighted by Gasteiger charge is 2.16. The van der Waals surface area contributed by atoms with Crippen LogP contribution in [0.4, 0.5) is 0 Å². The molecule has 0 spiro atoms. The largest absolute Gasteiger partial charge is 0.348 e. The molecule has 0 saturated carbocycles. The molecule has 0 aliphatic rings. The van der Waals surface area contributed by atoms with Gasteiger partial charge in [-0.25, -0.2) is 19.6 Å². The van der Waals surface area contributed by atoms with E-state index in [1.807, 2.05) is 66.7 Å². The summed E-state index contributed by atoms with van der Waals surface area (Å²) in [5, 5.41) is 10.2. The van der Waals surface area contributed by atoms with Crippen LogP contribution in [0, 0.1) is 0 Å². The van der Waals surface area contributed by atoms with Crippen LogP contribution in [0.3, 0.4) is 0 Å². The number of nitrogens with one attached hydrogen (secondary N) is 1. The van der Waals surface area contributed by atoms with E-state index in [2.05, 4.69) is 38.6 Å². The summed E-state index contributed by atoms with van der Waals surface area (Å²) < 4.78 is 1.59. The summed E-state index contributed by atoms with van der Waals surface area (Å²) >= 11 is 0. The van der Waals surface area contributed by atoms with Gasteiger partial charge in [0.05, 0.1) is 16.8 Å². The molecule has 0 aliphatic heterocycles. The number of rotatable bonds is 5. The molecular weight excluding hydrogens is 436 g/mol. The molecule has 3 heterocycles. The van der Waals surface area contributed by atoms with E-state index in [0.29, 0.717) is 17.9 Å². The summed E-state index contributed by atoms with van der Waals surface area (Å²) in [5.74, 6) is 0.444. The highest BCUT2D eigenvalue weighted by molar-refractivity contribution is 6.08. The average molecular weight is 457 g/mol. The number of hydrogen-bond acceptors (Lipinski definition) is 5. The minimum Gasteiger partial charge on any atom is -0.348 e. The van der Waals surface area contributed by atoms with Gasteiger partial charge in [-0.05, 0) is 29.0 Å². The molecule has 3 aromatic carbocycles. The van der Waals surface area contributed by atoms with E-state index < -0.39 is 0 Å². The normalized spacial score (nSPS) is 11.1. The zero-order valence-electron chi connectivity index (χ0n) is 18.7. The van der Waals surface area contributed by atoms with Crippen LogP contribution in [0.2, 0.25) is 0 Å². The molecule has 0 fully saturated rings. The second kappa shape index (κ2) is 8.79. The SMILES string of the molecule is O=C(NCc1cccnc1-n1cncn1)c1cc(-c2cccc3ccccc23)nc2ccccc12. The van der Waals surface area contributed by atoms with Crippen molar-refractivity contribution < 1.29 is 4.79 Å². The van der Waals surface area contributed by atoms with Gasteiger partial charge in [-0.15, -0.1) is 0 Å². The molecule has 7 heteroatoms. The van der Waals surface area contributed by atoms with Gasteiger partial charge in [0, 0.05) is 29.3 Å². The number of amides is 1. The van der Waals surface area contributed by atoms with Crippen molar-refractivity contribution in [2.24, 2.45) is 0 Å². The van der Waals surface area contributed by atoms with Crippen LogP contribution in [0.15, 0.2) is 104 Å². The van der Waals surface area contributed by atoms with Crippen molar-refractivity contribution in [3.63, 3.8) is 0 Å². The molecule has 35 heavy (non-hydrogen) atoms. The number of carbonyl (C=O) groups excluding carboxylic acids is 1. The Hall–Kier alpha value is -4.91. The van der Waals surface area contributed by atoms with Gasteiger partial charge in [-0.2, -0.15) is 5.10 Å². The molecule has 7 nitrogen and oxygen atoms in total. The monoisotopic (exact) mass is 456 g/mol. The maximum Gasteiger partial charge on any atom is 0.252 e. The van der Waals surface area contributed by atoms with Crippen molar-refractivity contribution in [3.05, 3.63) is 115 Å². The molecule has 0 unspecified atom stereocenters. The third-order valence-corrected chi connectivity index (χ3v) is 5.97. The van der Waals surface area contributed by atoms with Gasteiger partial charge in [0.1, 0.15) is 12.7 Å². The number of para-hydroxylation sites is 1. The Balaban J connectivity index is 1.39. The van der Waals surface area contributed by atoms with Crippen molar-refractivity contribution in [2.45, 2.75) is 6.54 Å². The average Bonchev–Trinajstić information content (AvgIpc) is 3.46. The zero-order valence-corrected chi connectivity index (χ0v) is 18.7. The Morgan fingerprint density at radius 1 is 0.886 bits per heavy atom. The zero-order chi connectivity index (χ0) is 23.6. The van der Waals surface area contributed by atoms with Crippen LogP contribution < -0.4 is 5.32 Å². The van der Waals surface area contributed by atoms with Gasteiger partial charge in [-0.3, -0.25) is 4.79 Å². The summed E-state index contributed by atoms with van der Waals surface area (Å²) in [7, 11) is 0. The number of benzene rings is 3. The predicted molar refractivity (Wildman–Crippen MR) is 135 cm³/mol. The fourth-order valence-electron chi connectivity index (χ4n) is 4.31. The van der Waals surface area contributed by atoms with E-state index in [4.69, 9.17) is 4.98 Å². The van der Waals surface area contributed by atoms with Gasteiger partial charge in [0.25, 0.3) is 5.91 Å². The highest BCUT2D eigenvalue weighted by atomic mass is 16.1. The highest BCUT2D eigenvalue weighted by Crippen LogP contribution is 2.30. The lowest BCUT2D eigenvalue weighted by Crippen LogP contribution is -2.24. The molecule has 0 atom stereocenters. The molecule has 3 aromatic heterocycles. The first-order valence-electron chi connectivity index (χ1n) is 11.2. The first kappa shape index (κ1) is 20.7. The van der Waals surface area contributed by atoms with Crippen molar-refractivity contribution >= 4 is 27.6 Å². The van der Waals surface area contributed by atoms with Crippen LogP contribution in [0.1, 0.15) is 15.9 Å². The lowest BCUT2D eigenvalue weighted by Gasteiger charge is -2.13. The van der Waals surface area contributed by atoms with E-state index >= 15 is 0 Å². The molecule has 0 saturated heterocycles. The number of fused-ring (bicyclic) bond motifs is 2. The molecule has 0 bridgehead atoms. The van der Waals surface area contributed by atoms with Crippen LogP contribution in [0.5, 0.6) is 0 Å². The van der Waals surface area contributed by atoms with Gasteiger partial charge < -0.3 is 5.32 Å². The topological polar surface area (TPSA) is 85.6 Å². The Kier molecular flexibility index (Phi) is 5.20. The third kappa shape index (κ3) is 3.89. The Morgan fingerprint density at radius 3 is 2.60 bits per heavy atom. The predicted octanol–water partition coefficient (Wildman–Crippen LogP) is 4.96. The minimum atomic E-state index is -0.182. The fraction of sp³-hybridized carbons (Fsp3) is 0.0357. The summed E-state index contributed by atoms with van der Waals surface area (Å²) in [5.41, 5.74) is 3.93. The molecule has 1 N–H and O–H groups in total. The van der Waals surface area contributed by atoms with E-state index in [1.165, 1.54) is 6.33 Å². The summed E-state index contributed by atoms with van der Waals surface area (Å²) in [6.07, 6.45) is 4.73. The quantitative estimate of drug-likeness (QED) is 0.396. The molecule has 168 valence electrons. The van der Waals surface area contributed by atoms with Crippen LogP contribution in [-0.2, 0) is 6.54 Å². The summed E-state index contributed by atoms with van der Waals surface area (Å²) in [4.78, 5) is 26.8. The fourth-order valence-corrected chi connectivity index (χ4v) is 4.31. The maximum absolute atomic E-state index is 13.5. The van der Waals surface area contributed by atoms with Crippen molar-refractivity contribution in [1.82, 2.24) is 30.0 Å². The van der Waals surface area contributed by atoms with Crippen LogP contribution in [-0.4, -0.2) is 30.6 Å². The van der Waals surface area contributed by atoms with Crippen LogP contribution >= 0.6 is 0 Å². The molecule has 6 rings (SSSR count). The van der Waals surface area contributed by atoms with Gasteiger partial charge in [0.2, 0.25) is 0 Å². The van der Waals surface area contributed by atoms with E-state index in [9.17, 15) is 4.79 Å². The lowest BCUT2D eigenvalue weighted by atomic mass is 9.99. The molecule has 1 amide bonds. The lowest BCUT2D eigenvalue weighted by molar-refractivity contribution is 0.0952. The summed E-state index contributed by atoms with van der Waals surface area (Å²) in [6, 6.07) is 27.7. The first-order chi connectivity index (χ1) is 17.3.